The number of nitrogens with zero attached hydrogens (tertiary/aromatic N) is 2. The maximum Gasteiger partial charge on any atom is 0.314 e. The number of carbonyl (C=O) groups excluding carboxylic acids is 2. The molecular weight excluding hydrogens is 318 g/mol. The van der Waals surface area contributed by atoms with E-state index in [-0.39, 0.29) is 35.8 Å². The molecule has 1 aliphatic rings. The number of primary amides is 1. The molecule has 2 amide bonds. The molecular formula is C15H19N3O6. The molecule has 9 nitrogen and oxygen atoms in total. The second kappa shape index (κ2) is 7.62. The smallest absolute Gasteiger partial charge is 0.314 e. The van der Waals surface area contributed by atoms with Crippen LogP contribution in [0.2, 0.25) is 0 Å². The maximum absolute atomic E-state index is 12.1. The van der Waals surface area contributed by atoms with Crippen LogP contribution in [-0.2, 0) is 9.59 Å². The highest BCUT2D eigenvalue weighted by atomic mass is 16.6. The second-order valence-corrected chi connectivity index (χ2v) is 5.44. The standard InChI is InChI=1S/C15H19N3O6/c1-23-11-2-3-13(12(8-11)18(21)22)24-9-14(19)17-6-4-10(5-7-17)15(16)20/h2-3,8,10H,4-7,9H2,1H3,(H2,16,20). The Hall–Kier alpha value is -2.84. The van der Waals surface area contributed by atoms with E-state index < -0.39 is 4.92 Å². The molecule has 2 rings (SSSR count). The van der Waals surface area contributed by atoms with Gasteiger partial charge in [-0.15, -0.1) is 0 Å². The van der Waals surface area contributed by atoms with Crippen LogP contribution in [-0.4, -0.2) is 48.4 Å². The molecule has 0 bridgehead atoms. The summed E-state index contributed by atoms with van der Waals surface area (Å²) in [4.78, 5) is 35.3. The third-order valence-corrected chi connectivity index (χ3v) is 3.96. The Labute approximate surface area is 138 Å². The molecule has 9 heteroatoms. The SMILES string of the molecule is COc1ccc(OCC(=O)N2CCC(C(N)=O)CC2)c([N+](=O)[O-])c1. The van der Waals surface area contributed by atoms with Crippen molar-refractivity contribution in [1.29, 1.82) is 0 Å². The van der Waals surface area contributed by atoms with Gasteiger partial charge in [-0.25, -0.2) is 0 Å². The summed E-state index contributed by atoms with van der Waals surface area (Å²) >= 11 is 0. The van der Waals surface area contributed by atoms with E-state index in [1.807, 2.05) is 0 Å². The lowest BCUT2D eigenvalue weighted by atomic mass is 9.96. The highest BCUT2D eigenvalue weighted by molar-refractivity contribution is 5.79. The highest BCUT2D eigenvalue weighted by Gasteiger charge is 2.26. The van der Waals surface area contributed by atoms with Gasteiger partial charge in [0, 0.05) is 19.0 Å². The molecule has 0 spiro atoms. The first-order valence-electron chi connectivity index (χ1n) is 7.44. The van der Waals surface area contributed by atoms with Crippen molar-refractivity contribution >= 4 is 17.5 Å². The monoisotopic (exact) mass is 337 g/mol. The Morgan fingerprint density at radius 3 is 2.58 bits per heavy atom. The van der Waals surface area contributed by atoms with Gasteiger partial charge < -0.3 is 20.1 Å². The van der Waals surface area contributed by atoms with Gasteiger partial charge in [0.15, 0.2) is 12.4 Å². The lowest BCUT2D eigenvalue weighted by Crippen LogP contribution is -2.43. The molecule has 1 saturated heterocycles. The number of nitrogens with two attached hydrogens (primary N) is 1. The van der Waals surface area contributed by atoms with Gasteiger partial charge in [0.05, 0.1) is 18.1 Å². The minimum Gasteiger partial charge on any atom is -0.496 e. The van der Waals surface area contributed by atoms with Gasteiger partial charge in [0.1, 0.15) is 5.75 Å². The second-order valence-electron chi connectivity index (χ2n) is 5.44. The quantitative estimate of drug-likeness (QED) is 0.602. The summed E-state index contributed by atoms with van der Waals surface area (Å²) in [6, 6.07) is 4.15. The zero-order valence-electron chi connectivity index (χ0n) is 13.3. The van der Waals surface area contributed by atoms with E-state index in [0.717, 1.165) is 0 Å². The van der Waals surface area contributed by atoms with E-state index in [1.165, 1.54) is 25.3 Å². The summed E-state index contributed by atoms with van der Waals surface area (Å²) in [5.41, 5.74) is 4.98. The summed E-state index contributed by atoms with van der Waals surface area (Å²) in [6.07, 6.45) is 1.04. The Morgan fingerprint density at radius 1 is 1.38 bits per heavy atom. The summed E-state index contributed by atoms with van der Waals surface area (Å²) in [6.45, 7) is 0.523. The van der Waals surface area contributed by atoms with Crippen molar-refractivity contribution in [3.8, 4) is 11.5 Å². The fourth-order valence-corrected chi connectivity index (χ4v) is 2.53. The molecule has 24 heavy (non-hydrogen) atoms. The van der Waals surface area contributed by atoms with E-state index in [9.17, 15) is 19.7 Å². The number of ether oxygens (including phenoxy) is 2. The van der Waals surface area contributed by atoms with Crippen LogP contribution in [0.15, 0.2) is 18.2 Å². The number of benzene rings is 1. The molecule has 130 valence electrons. The first-order valence-corrected chi connectivity index (χ1v) is 7.44. The molecule has 0 saturated carbocycles. The van der Waals surface area contributed by atoms with Gasteiger partial charge in [-0.1, -0.05) is 0 Å². The molecule has 1 fully saturated rings. The first kappa shape index (κ1) is 17.5. The van der Waals surface area contributed by atoms with E-state index in [4.69, 9.17) is 15.2 Å². The highest BCUT2D eigenvalue weighted by Crippen LogP contribution is 2.31. The Balaban J connectivity index is 1.95. The van der Waals surface area contributed by atoms with Gasteiger partial charge in [-0.3, -0.25) is 19.7 Å². The van der Waals surface area contributed by atoms with Crippen LogP contribution < -0.4 is 15.2 Å². The van der Waals surface area contributed by atoms with Crippen molar-refractivity contribution in [2.75, 3.05) is 26.8 Å². The average molecular weight is 337 g/mol. The lowest BCUT2D eigenvalue weighted by molar-refractivity contribution is -0.385. The molecule has 1 heterocycles. The Morgan fingerprint density at radius 2 is 2.04 bits per heavy atom. The number of methoxy groups -OCH3 is 1. The van der Waals surface area contributed by atoms with E-state index in [2.05, 4.69) is 0 Å². The number of hydrogen-bond donors (Lipinski definition) is 1. The molecule has 0 atom stereocenters. The van der Waals surface area contributed by atoms with Gasteiger partial charge >= 0.3 is 5.69 Å². The van der Waals surface area contributed by atoms with Crippen molar-refractivity contribution in [3.63, 3.8) is 0 Å². The lowest BCUT2D eigenvalue weighted by Gasteiger charge is -2.30. The normalized spacial score (nSPS) is 15.0. The summed E-state index contributed by atoms with van der Waals surface area (Å²) in [5.74, 6) is -0.525. The molecule has 1 aliphatic heterocycles. The predicted molar refractivity (Wildman–Crippen MR) is 83.6 cm³/mol. The zero-order valence-corrected chi connectivity index (χ0v) is 13.3. The number of rotatable bonds is 6. The average Bonchev–Trinajstić information content (AvgIpc) is 2.59. The molecule has 2 N–H and O–H groups in total. The van der Waals surface area contributed by atoms with Crippen LogP contribution in [0.5, 0.6) is 11.5 Å². The topological polar surface area (TPSA) is 125 Å². The van der Waals surface area contributed by atoms with Crippen LogP contribution in [0, 0.1) is 16.0 Å². The number of piperidine rings is 1. The van der Waals surface area contributed by atoms with Crippen LogP contribution in [0.25, 0.3) is 0 Å². The Bertz CT molecular complexity index is 640. The van der Waals surface area contributed by atoms with Crippen molar-refractivity contribution in [2.45, 2.75) is 12.8 Å². The van der Waals surface area contributed by atoms with E-state index in [0.29, 0.717) is 31.7 Å². The minimum absolute atomic E-state index is 0.00109. The zero-order chi connectivity index (χ0) is 17.7. The van der Waals surface area contributed by atoms with Gasteiger partial charge in [0.2, 0.25) is 5.91 Å². The number of amides is 2. The van der Waals surface area contributed by atoms with E-state index >= 15 is 0 Å². The summed E-state index contributed by atoms with van der Waals surface area (Å²) in [5, 5.41) is 11.1. The van der Waals surface area contributed by atoms with E-state index in [1.54, 1.807) is 4.90 Å². The number of hydrogen-bond acceptors (Lipinski definition) is 6. The van der Waals surface area contributed by atoms with Crippen LogP contribution in [0.1, 0.15) is 12.8 Å². The van der Waals surface area contributed by atoms with Crippen molar-refractivity contribution in [3.05, 3.63) is 28.3 Å². The predicted octanol–water partition coefficient (Wildman–Crippen LogP) is 0.706. The minimum atomic E-state index is -0.597. The fourth-order valence-electron chi connectivity index (χ4n) is 2.53. The molecule has 1 aromatic rings. The maximum atomic E-state index is 12.1. The van der Waals surface area contributed by atoms with Crippen LogP contribution in [0.4, 0.5) is 5.69 Å². The van der Waals surface area contributed by atoms with Gasteiger partial charge in [0.25, 0.3) is 5.91 Å². The third-order valence-electron chi connectivity index (χ3n) is 3.96. The summed E-state index contributed by atoms with van der Waals surface area (Å²) in [7, 11) is 1.40. The van der Waals surface area contributed by atoms with Crippen LogP contribution in [0.3, 0.4) is 0 Å². The largest absolute Gasteiger partial charge is 0.496 e. The molecule has 1 aromatic carbocycles. The molecule has 0 aromatic heterocycles. The van der Waals surface area contributed by atoms with Gasteiger partial charge in [-0.2, -0.15) is 0 Å². The Kier molecular flexibility index (Phi) is 5.56. The third kappa shape index (κ3) is 4.12. The van der Waals surface area contributed by atoms with Gasteiger partial charge in [-0.05, 0) is 25.0 Å². The van der Waals surface area contributed by atoms with Crippen molar-refractivity contribution < 1.29 is 24.0 Å². The van der Waals surface area contributed by atoms with Crippen molar-refractivity contribution in [2.24, 2.45) is 11.7 Å². The molecule has 0 aliphatic carbocycles. The number of carbonyl (C=O) groups is 2. The molecule has 0 unspecified atom stereocenters. The summed E-state index contributed by atoms with van der Waals surface area (Å²) < 4.78 is 10.2. The number of nitro benzene ring substituents is 1. The van der Waals surface area contributed by atoms with Crippen molar-refractivity contribution in [1.82, 2.24) is 4.90 Å². The number of likely N-dealkylation sites (tertiary alicyclic amines) is 1. The first-order chi connectivity index (χ1) is 11.4. The molecule has 0 radical (unpaired) electrons. The number of nitro groups is 1. The van der Waals surface area contributed by atoms with Crippen LogP contribution >= 0.6 is 0 Å². The fraction of sp³-hybridized carbons (Fsp3) is 0.467.